The van der Waals surface area contributed by atoms with Crippen molar-refractivity contribution in [3.8, 4) is 11.3 Å². The number of rotatable bonds is 7. The van der Waals surface area contributed by atoms with Gasteiger partial charge in [-0.15, -0.1) is 11.3 Å². The Balaban J connectivity index is 2.16. The summed E-state index contributed by atoms with van der Waals surface area (Å²) in [6, 6.07) is 10.4. The molecule has 1 heterocycles. The maximum absolute atomic E-state index is 5.73. The van der Waals surface area contributed by atoms with Crippen LogP contribution in [0.3, 0.4) is 0 Å². The zero-order valence-electron chi connectivity index (χ0n) is 12.1. The Morgan fingerprint density at radius 3 is 2.65 bits per heavy atom. The molecule has 2 aromatic rings. The van der Waals surface area contributed by atoms with Gasteiger partial charge in [0.1, 0.15) is 5.01 Å². The fourth-order valence-corrected chi connectivity index (χ4v) is 4.18. The molecule has 0 amide bonds. The lowest BCUT2D eigenvalue weighted by Crippen LogP contribution is -2.02. The summed E-state index contributed by atoms with van der Waals surface area (Å²) in [6.45, 7) is 5.19. The van der Waals surface area contributed by atoms with E-state index in [0.717, 1.165) is 23.8 Å². The molecule has 1 aromatic carbocycles. The normalized spacial score (nSPS) is 11.2. The van der Waals surface area contributed by atoms with E-state index in [1.165, 1.54) is 21.2 Å². The topological polar surface area (TPSA) is 38.9 Å². The van der Waals surface area contributed by atoms with Gasteiger partial charge < -0.3 is 5.73 Å². The maximum Gasteiger partial charge on any atom is 0.103 e. The highest BCUT2D eigenvalue weighted by Crippen LogP contribution is 2.30. The second kappa shape index (κ2) is 7.81. The monoisotopic (exact) mass is 306 g/mol. The summed E-state index contributed by atoms with van der Waals surface area (Å²) in [5.41, 5.74) is 8.06. The summed E-state index contributed by atoms with van der Waals surface area (Å²) in [4.78, 5) is 6.16. The third kappa shape index (κ3) is 4.33. The SMILES string of the molecule is CC(C)CSCc1nc(-c2ccccc2)c(CCN)s1. The number of thiazole rings is 1. The molecular formula is C16H22N2S2. The van der Waals surface area contributed by atoms with E-state index in [0.29, 0.717) is 6.54 Å². The molecule has 0 aliphatic carbocycles. The number of hydrogen-bond donors (Lipinski definition) is 1. The van der Waals surface area contributed by atoms with Crippen LogP contribution in [0.5, 0.6) is 0 Å². The van der Waals surface area contributed by atoms with Crippen LogP contribution in [0.25, 0.3) is 11.3 Å². The van der Waals surface area contributed by atoms with E-state index in [-0.39, 0.29) is 0 Å². The molecule has 0 radical (unpaired) electrons. The summed E-state index contributed by atoms with van der Waals surface area (Å²) in [7, 11) is 0. The Labute approximate surface area is 129 Å². The van der Waals surface area contributed by atoms with E-state index in [9.17, 15) is 0 Å². The first-order valence-electron chi connectivity index (χ1n) is 7.02. The first kappa shape index (κ1) is 15.5. The lowest BCUT2D eigenvalue weighted by Gasteiger charge is -2.01. The van der Waals surface area contributed by atoms with Crippen LogP contribution >= 0.6 is 23.1 Å². The van der Waals surface area contributed by atoms with Crippen LogP contribution in [-0.4, -0.2) is 17.3 Å². The smallest absolute Gasteiger partial charge is 0.103 e. The Morgan fingerprint density at radius 2 is 2.00 bits per heavy atom. The van der Waals surface area contributed by atoms with Gasteiger partial charge in [-0.2, -0.15) is 11.8 Å². The van der Waals surface area contributed by atoms with E-state index < -0.39 is 0 Å². The molecule has 2 rings (SSSR count). The molecule has 2 nitrogen and oxygen atoms in total. The molecule has 0 atom stereocenters. The molecule has 4 heteroatoms. The fourth-order valence-electron chi connectivity index (χ4n) is 1.97. The fraction of sp³-hybridized carbons (Fsp3) is 0.438. The van der Waals surface area contributed by atoms with Crippen LogP contribution in [0.4, 0.5) is 0 Å². The summed E-state index contributed by atoms with van der Waals surface area (Å²) < 4.78 is 0. The lowest BCUT2D eigenvalue weighted by molar-refractivity contribution is 0.750. The van der Waals surface area contributed by atoms with Crippen LogP contribution in [0.15, 0.2) is 30.3 Å². The zero-order chi connectivity index (χ0) is 14.4. The van der Waals surface area contributed by atoms with Crippen molar-refractivity contribution in [1.82, 2.24) is 4.98 Å². The minimum absolute atomic E-state index is 0.681. The summed E-state index contributed by atoms with van der Waals surface area (Å²) in [5.74, 6) is 2.93. The van der Waals surface area contributed by atoms with Gasteiger partial charge in [-0.25, -0.2) is 4.98 Å². The van der Waals surface area contributed by atoms with Gasteiger partial charge in [0.05, 0.1) is 5.69 Å². The first-order chi connectivity index (χ1) is 9.70. The lowest BCUT2D eigenvalue weighted by atomic mass is 10.1. The maximum atomic E-state index is 5.73. The van der Waals surface area contributed by atoms with Crippen molar-refractivity contribution in [3.05, 3.63) is 40.2 Å². The average Bonchev–Trinajstić information content (AvgIpc) is 2.83. The number of benzene rings is 1. The van der Waals surface area contributed by atoms with Crippen LogP contribution in [0.1, 0.15) is 23.7 Å². The third-order valence-corrected chi connectivity index (χ3v) is 5.51. The van der Waals surface area contributed by atoms with E-state index in [1.54, 1.807) is 0 Å². The van der Waals surface area contributed by atoms with Gasteiger partial charge in [-0.3, -0.25) is 0 Å². The Bertz CT molecular complexity index is 521. The Kier molecular flexibility index (Phi) is 6.07. The van der Waals surface area contributed by atoms with Gasteiger partial charge in [0.25, 0.3) is 0 Å². The van der Waals surface area contributed by atoms with Crippen molar-refractivity contribution >= 4 is 23.1 Å². The van der Waals surface area contributed by atoms with Crippen molar-refractivity contribution in [1.29, 1.82) is 0 Å². The van der Waals surface area contributed by atoms with Gasteiger partial charge >= 0.3 is 0 Å². The van der Waals surface area contributed by atoms with E-state index >= 15 is 0 Å². The number of hydrogen-bond acceptors (Lipinski definition) is 4. The molecule has 0 saturated carbocycles. The number of thioether (sulfide) groups is 1. The van der Waals surface area contributed by atoms with E-state index in [2.05, 4.69) is 38.1 Å². The predicted octanol–water partition coefficient (Wildman–Crippen LogP) is 4.20. The van der Waals surface area contributed by atoms with Gasteiger partial charge in [0, 0.05) is 16.2 Å². The van der Waals surface area contributed by atoms with Crippen LogP contribution < -0.4 is 5.73 Å². The van der Waals surface area contributed by atoms with Crippen molar-refractivity contribution in [2.24, 2.45) is 11.7 Å². The van der Waals surface area contributed by atoms with Crippen LogP contribution in [0.2, 0.25) is 0 Å². The molecule has 2 N–H and O–H groups in total. The highest BCUT2D eigenvalue weighted by atomic mass is 32.2. The first-order valence-corrected chi connectivity index (χ1v) is 8.99. The van der Waals surface area contributed by atoms with Crippen LogP contribution in [0, 0.1) is 5.92 Å². The Morgan fingerprint density at radius 1 is 1.25 bits per heavy atom. The molecule has 0 saturated heterocycles. The number of nitrogens with zero attached hydrogens (tertiary/aromatic N) is 1. The van der Waals surface area contributed by atoms with Crippen molar-refractivity contribution in [2.75, 3.05) is 12.3 Å². The summed E-state index contributed by atoms with van der Waals surface area (Å²) in [6.07, 6.45) is 0.913. The third-order valence-electron chi connectivity index (χ3n) is 2.84. The van der Waals surface area contributed by atoms with Crippen molar-refractivity contribution in [3.63, 3.8) is 0 Å². The molecule has 0 fully saturated rings. The second-order valence-corrected chi connectivity index (χ2v) is 7.39. The molecule has 0 spiro atoms. The van der Waals surface area contributed by atoms with Crippen LogP contribution in [-0.2, 0) is 12.2 Å². The van der Waals surface area contributed by atoms with Gasteiger partial charge in [0.2, 0.25) is 0 Å². The van der Waals surface area contributed by atoms with E-state index in [4.69, 9.17) is 10.7 Å². The predicted molar refractivity (Wildman–Crippen MR) is 91.3 cm³/mol. The largest absolute Gasteiger partial charge is 0.330 e. The quantitative estimate of drug-likeness (QED) is 0.833. The van der Waals surface area contributed by atoms with Crippen molar-refractivity contribution < 1.29 is 0 Å². The highest BCUT2D eigenvalue weighted by Gasteiger charge is 2.12. The summed E-state index contributed by atoms with van der Waals surface area (Å²) >= 11 is 3.79. The van der Waals surface area contributed by atoms with Gasteiger partial charge in [0.15, 0.2) is 0 Å². The van der Waals surface area contributed by atoms with Gasteiger partial charge in [-0.1, -0.05) is 44.2 Å². The zero-order valence-corrected chi connectivity index (χ0v) is 13.8. The minimum Gasteiger partial charge on any atom is -0.330 e. The molecule has 0 bridgehead atoms. The molecule has 108 valence electrons. The van der Waals surface area contributed by atoms with Crippen molar-refractivity contribution in [2.45, 2.75) is 26.0 Å². The summed E-state index contributed by atoms with van der Waals surface area (Å²) in [5, 5.41) is 1.22. The Hall–Kier alpha value is -0.840. The molecule has 0 aliphatic rings. The standard InChI is InChI=1S/C16H22N2S2/c1-12(2)10-19-11-15-18-16(14(20-15)8-9-17)13-6-4-3-5-7-13/h3-7,12H,8-11,17H2,1-2H3. The number of aromatic nitrogens is 1. The van der Waals surface area contributed by atoms with Gasteiger partial charge in [-0.05, 0) is 24.6 Å². The molecular weight excluding hydrogens is 284 g/mol. The minimum atomic E-state index is 0.681. The molecule has 0 aliphatic heterocycles. The molecule has 1 aromatic heterocycles. The highest BCUT2D eigenvalue weighted by molar-refractivity contribution is 7.98. The van der Waals surface area contributed by atoms with E-state index in [1.807, 2.05) is 29.2 Å². The number of nitrogens with two attached hydrogens (primary N) is 1. The molecule has 20 heavy (non-hydrogen) atoms. The molecule has 0 unspecified atom stereocenters. The average molecular weight is 307 g/mol. The second-order valence-electron chi connectivity index (χ2n) is 5.19.